The van der Waals surface area contributed by atoms with Gasteiger partial charge in [-0.25, -0.2) is 9.59 Å². The average molecular weight is 313 g/mol. The SMILES string of the molecule is C=CCCC(C)CC(CC)C(NC(=O)OC(C)(C)C)C(=O)O. The molecule has 0 aromatic carbocycles. The summed E-state index contributed by atoms with van der Waals surface area (Å²) in [6.45, 7) is 13.0. The van der Waals surface area contributed by atoms with Crippen molar-refractivity contribution < 1.29 is 19.4 Å². The van der Waals surface area contributed by atoms with Crippen molar-refractivity contribution in [3.8, 4) is 0 Å². The number of amides is 1. The number of nitrogens with one attached hydrogen (secondary N) is 1. The van der Waals surface area contributed by atoms with Crippen LogP contribution in [0.25, 0.3) is 0 Å². The van der Waals surface area contributed by atoms with Crippen LogP contribution in [0, 0.1) is 11.8 Å². The van der Waals surface area contributed by atoms with Gasteiger partial charge in [-0.1, -0.05) is 26.3 Å². The molecule has 0 bridgehead atoms. The molecule has 0 radical (unpaired) electrons. The van der Waals surface area contributed by atoms with Gasteiger partial charge in [-0.05, 0) is 51.9 Å². The summed E-state index contributed by atoms with van der Waals surface area (Å²) in [7, 11) is 0. The highest BCUT2D eigenvalue weighted by Crippen LogP contribution is 2.23. The Morgan fingerprint density at radius 1 is 1.36 bits per heavy atom. The Hall–Kier alpha value is -1.52. The highest BCUT2D eigenvalue weighted by molar-refractivity contribution is 5.80. The van der Waals surface area contributed by atoms with Crippen LogP contribution in [0.2, 0.25) is 0 Å². The molecule has 0 fully saturated rings. The maximum Gasteiger partial charge on any atom is 0.408 e. The molecule has 0 saturated carbocycles. The molecule has 1 amide bonds. The summed E-state index contributed by atoms with van der Waals surface area (Å²) in [6, 6.07) is -0.925. The third-order valence-electron chi connectivity index (χ3n) is 3.50. The molecule has 0 rings (SSSR count). The van der Waals surface area contributed by atoms with Gasteiger partial charge in [0.2, 0.25) is 0 Å². The Bertz CT molecular complexity index is 373. The minimum Gasteiger partial charge on any atom is -0.480 e. The molecule has 3 unspecified atom stereocenters. The third-order valence-corrected chi connectivity index (χ3v) is 3.50. The Kier molecular flexibility index (Phi) is 8.83. The normalized spacial score (nSPS) is 15.5. The van der Waals surface area contributed by atoms with Crippen LogP contribution in [0.5, 0.6) is 0 Å². The van der Waals surface area contributed by atoms with E-state index in [1.807, 2.05) is 13.0 Å². The summed E-state index contributed by atoms with van der Waals surface area (Å²) in [5.74, 6) is -0.760. The van der Waals surface area contributed by atoms with Gasteiger partial charge in [0.15, 0.2) is 0 Å². The summed E-state index contributed by atoms with van der Waals surface area (Å²) in [5, 5.41) is 11.9. The highest BCUT2D eigenvalue weighted by atomic mass is 16.6. The summed E-state index contributed by atoms with van der Waals surface area (Å²) >= 11 is 0. The maximum absolute atomic E-state index is 11.8. The number of carboxylic acid groups (broad SMARTS) is 1. The van der Waals surface area contributed by atoms with Crippen molar-refractivity contribution in [1.82, 2.24) is 5.32 Å². The van der Waals surface area contributed by atoms with E-state index in [0.717, 1.165) is 19.3 Å². The predicted molar refractivity (Wildman–Crippen MR) is 87.8 cm³/mol. The second kappa shape index (κ2) is 9.49. The van der Waals surface area contributed by atoms with Gasteiger partial charge in [0, 0.05) is 0 Å². The molecule has 0 aromatic rings. The van der Waals surface area contributed by atoms with Gasteiger partial charge < -0.3 is 15.2 Å². The Labute approximate surface area is 134 Å². The number of aliphatic carboxylic acids is 1. The van der Waals surface area contributed by atoms with Crippen LogP contribution in [-0.2, 0) is 9.53 Å². The van der Waals surface area contributed by atoms with Crippen LogP contribution in [-0.4, -0.2) is 28.8 Å². The van der Waals surface area contributed by atoms with E-state index in [-0.39, 0.29) is 5.92 Å². The number of rotatable bonds is 9. The number of hydrogen-bond acceptors (Lipinski definition) is 3. The van der Waals surface area contributed by atoms with Crippen molar-refractivity contribution >= 4 is 12.1 Å². The average Bonchev–Trinajstić information content (AvgIpc) is 2.37. The van der Waals surface area contributed by atoms with E-state index in [9.17, 15) is 14.7 Å². The molecular formula is C17H31NO4. The zero-order valence-electron chi connectivity index (χ0n) is 14.5. The van der Waals surface area contributed by atoms with Crippen molar-refractivity contribution in [2.24, 2.45) is 11.8 Å². The maximum atomic E-state index is 11.8. The minimum atomic E-state index is -1.02. The van der Waals surface area contributed by atoms with Gasteiger partial charge in [-0.15, -0.1) is 6.58 Å². The molecule has 0 aromatic heterocycles. The van der Waals surface area contributed by atoms with Gasteiger partial charge in [0.1, 0.15) is 11.6 Å². The first kappa shape index (κ1) is 20.5. The number of alkyl carbamates (subject to hydrolysis) is 1. The summed E-state index contributed by atoms with van der Waals surface area (Å²) in [4.78, 5) is 23.4. The van der Waals surface area contributed by atoms with Crippen LogP contribution in [0.4, 0.5) is 4.79 Å². The van der Waals surface area contributed by atoms with Crippen molar-refractivity contribution in [3.63, 3.8) is 0 Å². The van der Waals surface area contributed by atoms with Gasteiger partial charge in [-0.2, -0.15) is 0 Å². The van der Waals surface area contributed by atoms with Crippen LogP contribution in [0.15, 0.2) is 12.7 Å². The van der Waals surface area contributed by atoms with Gasteiger partial charge in [-0.3, -0.25) is 0 Å². The lowest BCUT2D eigenvalue weighted by Gasteiger charge is -2.28. The standard InChI is InChI=1S/C17H31NO4/c1-7-9-10-12(3)11-13(8-2)14(15(19)20)18-16(21)22-17(4,5)6/h7,12-14H,1,8-11H2,2-6H3,(H,18,21)(H,19,20). The monoisotopic (exact) mass is 313 g/mol. The smallest absolute Gasteiger partial charge is 0.408 e. The highest BCUT2D eigenvalue weighted by Gasteiger charge is 2.31. The number of hydrogen-bond donors (Lipinski definition) is 2. The Morgan fingerprint density at radius 2 is 1.95 bits per heavy atom. The summed E-state index contributed by atoms with van der Waals surface area (Å²) in [6.07, 6.45) is 4.50. The molecule has 0 aliphatic carbocycles. The zero-order chi connectivity index (χ0) is 17.3. The second-order valence-electron chi connectivity index (χ2n) is 6.84. The lowest BCUT2D eigenvalue weighted by Crippen LogP contribution is -2.48. The minimum absolute atomic E-state index is 0.121. The zero-order valence-corrected chi connectivity index (χ0v) is 14.5. The molecular weight excluding hydrogens is 282 g/mol. The molecule has 0 heterocycles. The molecule has 5 nitrogen and oxygen atoms in total. The number of allylic oxidation sites excluding steroid dienone is 1. The fraction of sp³-hybridized carbons (Fsp3) is 0.765. The quantitative estimate of drug-likeness (QED) is 0.631. The second-order valence-corrected chi connectivity index (χ2v) is 6.84. The molecule has 3 atom stereocenters. The first-order chi connectivity index (χ1) is 10.1. The molecule has 0 saturated heterocycles. The van der Waals surface area contributed by atoms with Gasteiger partial charge in [0.25, 0.3) is 0 Å². The van der Waals surface area contributed by atoms with E-state index in [4.69, 9.17) is 4.74 Å². The molecule has 2 N–H and O–H groups in total. The van der Waals surface area contributed by atoms with Crippen LogP contribution in [0.1, 0.15) is 60.3 Å². The fourth-order valence-electron chi connectivity index (χ4n) is 2.39. The molecule has 0 aliphatic rings. The molecule has 0 aliphatic heterocycles. The lowest BCUT2D eigenvalue weighted by atomic mass is 9.85. The number of carboxylic acids is 1. The number of carbonyl (C=O) groups is 2. The third kappa shape index (κ3) is 8.70. The molecule has 0 spiro atoms. The number of ether oxygens (including phenoxy) is 1. The van der Waals surface area contributed by atoms with E-state index < -0.39 is 23.7 Å². The van der Waals surface area contributed by atoms with E-state index in [1.165, 1.54) is 0 Å². The first-order valence-corrected chi connectivity index (χ1v) is 7.93. The van der Waals surface area contributed by atoms with Crippen LogP contribution >= 0.6 is 0 Å². The summed E-state index contributed by atoms with van der Waals surface area (Å²) < 4.78 is 5.16. The topological polar surface area (TPSA) is 75.6 Å². The van der Waals surface area contributed by atoms with E-state index in [2.05, 4.69) is 18.8 Å². The van der Waals surface area contributed by atoms with Crippen molar-refractivity contribution in [2.75, 3.05) is 0 Å². The van der Waals surface area contributed by atoms with Crippen LogP contribution < -0.4 is 5.32 Å². The fourth-order valence-corrected chi connectivity index (χ4v) is 2.39. The van der Waals surface area contributed by atoms with E-state index >= 15 is 0 Å². The predicted octanol–water partition coefficient (Wildman–Crippen LogP) is 3.98. The van der Waals surface area contributed by atoms with Crippen molar-refractivity contribution in [1.29, 1.82) is 0 Å². The Balaban J connectivity index is 4.77. The molecule has 5 heteroatoms. The van der Waals surface area contributed by atoms with Gasteiger partial charge in [0.05, 0.1) is 0 Å². The van der Waals surface area contributed by atoms with E-state index in [0.29, 0.717) is 12.3 Å². The Morgan fingerprint density at radius 3 is 2.36 bits per heavy atom. The van der Waals surface area contributed by atoms with E-state index in [1.54, 1.807) is 20.8 Å². The van der Waals surface area contributed by atoms with Crippen molar-refractivity contribution in [3.05, 3.63) is 12.7 Å². The molecule has 128 valence electrons. The van der Waals surface area contributed by atoms with Crippen molar-refractivity contribution in [2.45, 2.75) is 71.9 Å². The summed E-state index contributed by atoms with van der Waals surface area (Å²) in [5.41, 5.74) is -0.647. The first-order valence-electron chi connectivity index (χ1n) is 7.93. The molecule has 22 heavy (non-hydrogen) atoms. The largest absolute Gasteiger partial charge is 0.480 e. The van der Waals surface area contributed by atoms with Crippen LogP contribution in [0.3, 0.4) is 0 Å². The van der Waals surface area contributed by atoms with Gasteiger partial charge >= 0.3 is 12.1 Å². The lowest BCUT2D eigenvalue weighted by molar-refractivity contribution is -0.141. The number of carbonyl (C=O) groups excluding carboxylic acids is 1.